The molecule has 124 valence electrons. The zero-order valence-corrected chi connectivity index (χ0v) is 13.8. The van der Waals surface area contributed by atoms with Crippen molar-refractivity contribution in [3.05, 3.63) is 22.7 Å². The van der Waals surface area contributed by atoms with E-state index in [1.807, 2.05) is 6.20 Å². The molecule has 2 aromatic heterocycles. The van der Waals surface area contributed by atoms with Crippen molar-refractivity contribution in [1.29, 1.82) is 0 Å². The lowest BCUT2D eigenvalue weighted by atomic mass is 9.96. The van der Waals surface area contributed by atoms with E-state index >= 15 is 0 Å². The van der Waals surface area contributed by atoms with Crippen LogP contribution in [0.25, 0.3) is 0 Å². The zero-order chi connectivity index (χ0) is 16.2. The molecule has 3 heterocycles. The molecular formula is C14H20N6O2S. The van der Waals surface area contributed by atoms with Crippen LogP contribution in [0.1, 0.15) is 47.0 Å². The van der Waals surface area contributed by atoms with Gasteiger partial charge in [-0.2, -0.15) is 0 Å². The number of esters is 1. The highest BCUT2D eigenvalue weighted by atomic mass is 32.1. The van der Waals surface area contributed by atoms with Gasteiger partial charge in [0.1, 0.15) is 5.82 Å². The SMILES string of the molecule is CCOC(=O)c1n[nH]c(C2CCN(Cc3cnc(N)s3)CC2)n1. The van der Waals surface area contributed by atoms with Gasteiger partial charge in [0.25, 0.3) is 5.82 Å². The maximum absolute atomic E-state index is 11.6. The van der Waals surface area contributed by atoms with Crippen LogP contribution in [0.5, 0.6) is 0 Å². The van der Waals surface area contributed by atoms with Crippen molar-refractivity contribution in [2.75, 3.05) is 25.4 Å². The van der Waals surface area contributed by atoms with Crippen LogP contribution >= 0.6 is 11.3 Å². The molecule has 3 N–H and O–H groups in total. The summed E-state index contributed by atoms with van der Waals surface area (Å²) in [6.07, 6.45) is 3.80. The van der Waals surface area contributed by atoms with E-state index < -0.39 is 5.97 Å². The van der Waals surface area contributed by atoms with E-state index in [1.165, 1.54) is 16.2 Å². The summed E-state index contributed by atoms with van der Waals surface area (Å²) in [6, 6.07) is 0. The predicted molar refractivity (Wildman–Crippen MR) is 86.1 cm³/mol. The highest BCUT2D eigenvalue weighted by molar-refractivity contribution is 7.15. The number of hydrogen-bond acceptors (Lipinski definition) is 8. The van der Waals surface area contributed by atoms with Crippen molar-refractivity contribution < 1.29 is 9.53 Å². The minimum atomic E-state index is -0.477. The van der Waals surface area contributed by atoms with E-state index in [0.29, 0.717) is 17.7 Å². The van der Waals surface area contributed by atoms with Crippen LogP contribution < -0.4 is 5.73 Å². The molecule has 1 aliphatic rings. The fraction of sp³-hybridized carbons (Fsp3) is 0.571. The summed E-state index contributed by atoms with van der Waals surface area (Å²) in [5.41, 5.74) is 5.66. The second kappa shape index (κ2) is 7.05. The number of H-pyrrole nitrogens is 1. The molecule has 0 aliphatic carbocycles. The van der Waals surface area contributed by atoms with Gasteiger partial charge in [0, 0.05) is 23.5 Å². The molecule has 0 bridgehead atoms. The molecule has 2 aromatic rings. The van der Waals surface area contributed by atoms with Crippen LogP contribution in [0.2, 0.25) is 0 Å². The number of piperidine rings is 1. The van der Waals surface area contributed by atoms with Gasteiger partial charge in [0.2, 0.25) is 0 Å². The number of thiazole rings is 1. The molecular weight excluding hydrogens is 316 g/mol. The Balaban J connectivity index is 1.53. The van der Waals surface area contributed by atoms with Gasteiger partial charge in [-0.3, -0.25) is 10.00 Å². The maximum Gasteiger partial charge on any atom is 0.378 e. The van der Waals surface area contributed by atoms with Crippen molar-refractivity contribution in [2.24, 2.45) is 0 Å². The summed E-state index contributed by atoms with van der Waals surface area (Å²) < 4.78 is 4.91. The molecule has 0 spiro atoms. The van der Waals surface area contributed by atoms with Crippen molar-refractivity contribution in [2.45, 2.75) is 32.2 Å². The lowest BCUT2D eigenvalue weighted by Gasteiger charge is -2.30. The summed E-state index contributed by atoms with van der Waals surface area (Å²) in [7, 11) is 0. The third-order valence-electron chi connectivity index (χ3n) is 3.89. The molecule has 23 heavy (non-hydrogen) atoms. The molecule has 1 fully saturated rings. The van der Waals surface area contributed by atoms with Crippen LogP contribution in [0.3, 0.4) is 0 Å². The van der Waals surface area contributed by atoms with Gasteiger partial charge in [-0.25, -0.2) is 14.8 Å². The quantitative estimate of drug-likeness (QED) is 0.794. The van der Waals surface area contributed by atoms with Gasteiger partial charge in [-0.15, -0.1) is 16.4 Å². The van der Waals surface area contributed by atoms with E-state index in [2.05, 4.69) is 25.1 Å². The van der Waals surface area contributed by atoms with Gasteiger partial charge in [-0.05, 0) is 32.9 Å². The number of aromatic nitrogens is 4. The van der Waals surface area contributed by atoms with Crippen molar-refractivity contribution >= 4 is 22.4 Å². The number of nitrogens with two attached hydrogens (primary N) is 1. The van der Waals surface area contributed by atoms with Crippen LogP contribution in [0, 0.1) is 0 Å². The summed E-state index contributed by atoms with van der Waals surface area (Å²) >= 11 is 1.53. The van der Waals surface area contributed by atoms with Gasteiger partial charge >= 0.3 is 5.97 Å². The number of aromatic amines is 1. The highest BCUT2D eigenvalue weighted by Gasteiger charge is 2.25. The van der Waals surface area contributed by atoms with Gasteiger partial charge < -0.3 is 10.5 Å². The number of ether oxygens (including phenoxy) is 1. The Morgan fingerprint density at radius 1 is 1.52 bits per heavy atom. The van der Waals surface area contributed by atoms with E-state index in [-0.39, 0.29) is 5.82 Å². The van der Waals surface area contributed by atoms with Gasteiger partial charge in [0.05, 0.1) is 6.61 Å². The van der Waals surface area contributed by atoms with E-state index in [0.717, 1.165) is 38.3 Å². The second-order valence-electron chi connectivity index (χ2n) is 5.48. The topological polar surface area (TPSA) is 110 Å². The Morgan fingerprint density at radius 2 is 2.30 bits per heavy atom. The van der Waals surface area contributed by atoms with Gasteiger partial charge in [0.15, 0.2) is 5.13 Å². The number of carbonyl (C=O) groups is 1. The molecule has 9 heteroatoms. The van der Waals surface area contributed by atoms with E-state index in [4.69, 9.17) is 10.5 Å². The van der Waals surface area contributed by atoms with Gasteiger partial charge in [-0.1, -0.05) is 0 Å². The lowest BCUT2D eigenvalue weighted by molar-refractivity contribution is 0.0512. The first-order valence-corrected chi connectivity index (χ1v) is 8.49. The molecule has 8 nitrogen and oxygen atoms in total. The third-order valence-corrected chi connectivity index (χ3v) is 4.70. The van der Waals surface area contributed by atoms with Crippen LogP contribution in [0.15, 0.2) is 6.20 Å². The van der Waals surface area contributed by atoms with Crippen LogP contribution in [-0.4, -0.2) is 50.7 Å². The first kappa shape index (κ1) is 15.9. The molecule has 0 atom stereocenters. The monoisotopic (exact) mass is 336 g/mol. The molecule has 0 saturated carbocycles. The molecule has 3 rings (SSSR count). The van der Waals surface area contributed by atoms with Crippen LogP contribution in [-0.2, 0) is 11.3 Å². The average molecular weight is 336 g/mol. The fourth-order valence-electron chi connectivity index (χ4n) is 2.72. The smallest absolute Gasteiger partial charge is 0.378 e. The van der Waals surface area contributed by atoms with Crippen LogP contribution in [0.4, 0.5) is 5.13 Å². The van der Waals surface area contributed by atoms with Crippen molar-refractivity contribution in [1.82, 2.24) is 25.1 Å². The molecule has 0 unspecified atom stereocenters. The molecule has 0 radical (unpaired) electrons. The molecule has 1 saturated heterocycles. The van der Waals surface area contributed by atoms with Crippen molar-refractivity contribution in [3.8, 4) is 0 Å². The summed E-state index contributed by atoms with van der Waals surface area (Å²) in [6.45, 7) is 4.91. The van der Waals surface area contributed by atoms with E-state index in [1.54, 1.807) is 6.92 Å². The first-order valence-electron chi connectivity index (χ1n) is 7.67. The fourth-order valence-corrected chi connectivity index (χ4v) is 3.45. The molecule has 1 aliphatic heterocycles. The first-order chi connectivity index (χ1) is 11.2. The number of nitrogens with zero attached hydrogens (tertiary/aromatic N) is 4. The summed E-state index contributed by atoms with van der Waals surface area (Å²) in [5, 5.41) is 7.45. The number of anilines is 1. The minimum absolute atomic E-state index is 0.115. The number of hydrogen-bond donors (Lipinski definition) is 2. The number of rotatable bonds is 5. The average Bonchev–Trinajstić information content (AvgIpc) is 3.18. The Morgan fingerprint density at radius 3 is 2.96 bits per heavy atom. The Labute approximate surface area is 138 Å². The number of nitrogens with one attached hydrogen (secondary N) is 1. The highest BCUT2D eigenvalue weighted by Crippen LogP contribution is 2.27. The lowest BCUT2D eigenvalue weighted by Crippen LogP contribution is -2.32. The Hall–Kier alpha value is -2.00. The third kappa shape index (κ3) is 3.85. The number of likely N-dealkylation sites (tertiary alicyclic amines) is 1. The predicted octanol–water partition coefficient (Wildman–Crippen LogP) is 1.40. The van der Waals surface area contributed by atoms with Crippen molar-refractivity contribution in [3.63, 3.8) is 0 Å². The Bertz CT molecular complexity index is 662. The maximum atomic E-state index is 11.6. The van der Waals surface area contributed by atoms with E-state index in [9.17, 15) is 4.79 Å². The molecule has 0 amide bonds. The summed E-state index contributed by atoms with van der Waals surface area (Å²) in [4.78, 5) is 23.5. The summed E-state index contributed by atoms with van der Waals surface area (Å²) in [5.74, 6) is 0.711. The molecule has 0 aromatic carbocycles. The minimum Gasteiger partial charge on any atom is -0.460 e. The number of carbonyl (C=O) groups excluding carboxylic acids is 1. The zero-order valence-electron chi connectivity index (χ0n) is 13.0. The second-order valence-corrected chi connectivity index (χ2v) is 6.63. The standard InChI is InChI=1S/C14H20N6O2S/c1-2-22-13(21)12-17-11(18-19-12)9-3-5-20(6-4-9)8-10-7-16-14(15)23-10/h7,9H,2-6,8H2,1H3,(H2,15,16)(H,17,18,19). The Kier molecular flexibility index (Phi) is 4.87. The normalized spacial score (nSPS) is 16.6. The number of nitrogen functional groups attached to an aromatic ring is 1. The largest absolute Gasteiger partial charge is 0.460 e.